The van der Waals surface area contributed by atoms with Crippen LogP contribution in [0, 0.1) is 13.8 Å². The van der Waals surface area contributed by atoms with Crippen LogP contribution in [0.3, 0.4) is 0 Å². The number of benzene rings is 2. The number of aryl methyl sites for hydroxylation is 2. The first-order chi connectivity index (χ1) is 16.9. The maximum Gasteiger partial charge on any atom is 0.359 e. The Balaban J connectivity index is 1.55. The topological polar surface area (TPSA) is 84.7 Å². The average Bonchev–Trinajstić information content (AvgIpc) is 3.45. The minimum atomic E-state index is -0.522. The van der Waals surface area contributed by atoms with Gasteiger partial charge in [0.15, 0.2) is 5.69 Å². The molecule has 0 saturated carbocycles. The zero-order chi connectivity index (χ0) is 24.7. The molecule has 0 N–H and O–H groups in total. The van der Waals surface area contributed by atoms with Crippen LogP contribution in [-0.2, 0) is 16.0 Å². The van der Waals surface area contributed by atoms with Crippen molar-refractivity contribution in [3.63, 3.8) is 0 Å². The van der Waals surface area contributed by atoms with Crippen molar-refractivity contribution in [3.05, 3.63) is 70.5 Å². The Morgan fingerprint density at radius 3 is 2.37 bits per heavy atom. The fourth-order valence-corrected chi connectivity index (χ4v) is 4.86. The summed E-state index contributed by atoms with van der Waals surface area (Å²) in [7, 11) is 0. The monoisotopic (exact) mass is 472 g/mol. The maximum absolute atomic E-state index is 13.9. The SMILES string of the molecule is CCOC(=O)c1nn(-c2ccc(C)cc2)c2c1CCN(c1ccc(N3CCCC3=O)cc1C)C2=O. The molecular formula is C27H28N4O4. The summed E-state index contributed by atoms with van der Waals surface area (Å²) in [6.07, 6.45) is 1.91. The molecule has 0 spiro atoms. The molecule has 1 aromatic heterocycles. The molecule has 3 aromatic rings. The number of hydrogen-bond donors (Lipinski definition) is 0. The minimum Gasteiger partial charge on any atom is -0.461 e. The smallest absolute Gasteiger partial charge is 0.359 e. The highest BCUT2D eigenvalue weighted by atomic mass is 16.5. The summed E-state index contributed by atoms with van der Waals surface area (Å²) >= 11 is 0. The molecule has 2 amide bonds. The van der Waals surface area contributed by atoms with E-state index >= 15 is 0 Å². The van der Waals surface area contributed by atoms with Crippen LogP contribution in [-0.4, -0.2) is 47.3 Å². The van der Waals surface area contributed by atoms with Gasteiger partial charge in [-0.05, 0) is 69.5 Å². The van der Waals surface area contributed by atoms with Crippen LogP contribution in [0.15, 0.2) is 42.5 Å². The van der Waals surface area contributed by atoms with E-state index in [-0.39, 0.29) is 24.1 Å². The fourth-order valence-electron chi connectivity index (χ4n) is 4.86. The minimum absolute atomic E-state index is 0.129. The van der Waals surface area contributed by atoms with Crippen molar-refractivity contribution in [1.29, 1.82) is 0 Å². The molecule has 2 aliphatic rings. The summed E-state index contributed by atoms with van der Waals surface area (Å²) in [5.41, 5.74) is 5.51. The average molecular weight is 473 g/mol. The van der Waals surface area contributed by atoms with E-state index in [4.69, 9.17) is 4.74 Å². The number of ether oxygens (including phenoxy) is 1. The zero-order valence-corrected chi connectivity index (χ0v) is 20.2. The number of carbonyl (C=O) groups excluding carboxylic acids is 3. The molecule has 0 bridgehead atoms. The number of hydrogen-bond acceptors (Lipinski definition) is 5. The number of anilines is 2. The number of nitrogens with zero attached hydrogens (tertiary/aromatic N) is 4. The van der Waals surface area contributed by atoms with Crippen molar-refractivity contribution in [2.75, 3.05) is 29.5 Å². The number of carbonyl (C=O) groups is 3. The highest BCUT2D eigenvalue weighted by molar-refractivity contribution is 6.09. The first-order valence-corrected chi connectivity index (χ1v) is 12.0. The van der Waals surface area contributed by atoms with E-state index in [1.165, 1.54) is 0 Å². The third kappa shape index (κ3) is 3.99. The molecule has 2 aromatic carbocycles. The van der Waals surface area contributed by atoms with Crippen LogP contribution in [0.4, 0.5) is 11.4 Å². The van der Waals surface area contributed by atoms with Gasteiger partial charge in [0.25, 0.3) is 5.91 Å². The van der Waals surface area contributed by atoms with Crippen molar-refractivity contribution in [2.24, 2.45) is 0 Å². The van der Waals surface area contributed by atoms with Gasteiger partial charge in [0.05, 0.1) is 12.3 Å². The van der Waals surface area contributed by atoms with Crippen molar-refractivity contribution in [3.8, 4) is 5.69 Å². The first kappa shape index (κ1) is 22.8. The summed E-state index contributed by atoms with van der Waals surface area (Å²) in [6.45, 7) is 7.05. The van der Waals surface area contributed by atoms with Crippen molar-refractivity contribution in [1.82, 2.24) is 9.78 Å². The summed E-state index contributed by atoms with van der Waals surface area (Å²) in [6, 6.07) is 13.4. The first-order valence-electron chi connectivity index (χ1n) is 12.0. The molecule has 8 heteroatoms. The van der Waals surface area contributed by atoms with Gasteiger partial charge in [-0.3, -0.25) is 9.59 Å². The van der Waals surface area contributed by atoms with Crippen LogP contribution in [0.2, 0.25) is 0 Å². The van der Waals surface area contributed by atoms with Crippen molar-refractivity contribution >= 4 is 29.2 Å². The van der Waals surface area contributed by atoms with Crippen molar-refractivity contribution in [2.45, 2.75) is 40.0 Å². The van der Waals surface area contributed by atoms with Gasteiger partial charge < -0.3 is 14.5 Å². The standard InChI is InChI=1S/C27H28N4O4/c1-4-35-27(34)24-21-13-15-30(22-12-11-20(16-18(22)3)29-14-5-6-23(29)32)26(33)25(21)31(28-24)19-9-7-17(2)8-10-19/h7-12,16H,4-6,13-15H2,1-3H3. The quantitative estimate of drug-likeness (QED) is 0.524. The molecule has 3 heterocycles. The van der Waals surface area contributed by atoms with E-state index in [0.717, 1.165) is 35.5 Å². The van der Waals surface area contributed by atoms with Crippen LogP contribution in [0.1, 0.15) is 57.4 Å². The van der Waals surface area contributed by atoms with E-state index in [1.807, 2.05) is 56.3 Å². The highest BCUT2D eigenvalue weighted by Gasteiger charge is 2.36. The molecule has 5 rings (SSSR count). The molecule has 0 radical (unpaired) electrons. The van der Waals surface area contributed by atoms with Crippen LogP contribution in [0.5, 0.6) is 0 Å². The van der Waals surface area contributed by atoms with Gasteiger partial charge >= 0.3 is 5.97 Å². The van der Waals surface area contributed by atoms with Gasteiger partial charge in [-0.25, -0.2) is 9.48 Å². The predicted molar refractivity (Wildman–Crippen MR) is 132 cm³/mol. The van der Waals surface area contributed by atoms with Crippen molar-refractivity contribution < 1.29 is 19.1 Å². The molecular weight excluding hydrogens is 444 g/mol. The van der Waals surface area contributed by atoms with Crippen LogP contribution >= 0.6 is 0 Å². The van der Waals surface area contributed by atoms with Gasteiger partial charge in [0.1, 0.15) is 5.69 Å². The van der Waals surface area contributed by atoms with Gasteiger partial charge in [-0.15, -0.1) is 0 Å². The largest absolute Gasteiger partial charge is 0.461 e. The molecule has 8 nitrogen and oxygen atoms in total. The lowest BCUT2D eigenvalue weighted by molar-refractivity contribution is -0.117. The van der Waals surface area contributed by atoms with E-state index in [1.54, 1.807) is 21.4 Å². The second-order valence-electron chi connectivity index (χ2n) is 8.97. The second-order valence-corrected chi connectivity index (χ2v) is 8.97. The Kier molecular flexibility index (Phi) is 5.88. The third-order valence-electron chi connectivity index (χ3n) is 6.62. The Labute approximate surface area is 204 Å². The summed E-state index contributed by atoms with van der Waals surface area (Å²) in [4.78, 5) is 42.2. The van der Waals surface area contributed by atoms with E-state index < -0.39 is 5.97 Å². The predicted octanol–water partition coefficient (Wildman–Crippen LogP) is 4.00. The fraction of sp³-hybridized carbons (Fsp3) is 0.333. The summed E-state index contributed by atoms with van der Waals surface area (Å²) < 4.78 is 6.78. The summed E-state index contributed by atoms with van der Waals surface area (Å²) in [5.74, 6) is -0.612. The Hall–Kier alpha value is -3.94. The van der Waals surface area contributed by atoms with E-state index in [2.05, 4.69) is 5.10 Å². The number of rotatable bonds is 5. The number of aromatic nitrogens is 2. The molecule has 0 unspecified atom stereocenters. The molecule has 0 aliphatic carbocycles. The molecule has 0 atom stereocenters. The molecule has 35 heavy (non-hydrogen) atoms. The molecule has 1 saturated heterocycles. The lowest BCUT2D eigenvalue weighted by Crippen LogP contribution is -2.39. The summed E-state index contributed by atoms with van der Waals surface area (Å²) in [5, 5.41) is 4.54. The number of esters is 1. The van der Waals surface area contributed by atoms with Gasteiger partial charge in [-0.2, -0.15) is 5.10 Å². The Morgan fingerprint density at radius 1 is 0.971 bits per heavy atom. The number of amides is 2. The second kappa shape index (κ2) is 9.02. The molecule has 1 fully saturated rings. The van der Waals surface area contributed by atoms with E-state index in [0.29, 0.717) is 36.3 Å². The van der Waals surface area contributed by atoms with Crippen LogP contribution in [0.25, 0.3) is 5.69 Å². The lowest BCUT2D eigenvalue weighted by Gasteiger charge is -2.29. The Morgan fingerprint density at radius 2 is 1.71 bits per heavy atom. The van der Waals surface area contributed by atoms with Gasteiger partial charge in [0, 0.05) is 36.4 Å². The number of fused-ring (bicyclic) bond motifs is 1. The molecule has 180 valence electrons. The van der Waals surface area contributed by atoms with Gasteiger partial charge in [-0.1, -0.05) is 17.7 Å². The normalized spacial score (nSPS) is 15.5. The highest BCUT2D eigenvalue weighted by Crippen LogP contribution is 2.33. The maximum atomic E-state index is 13.9. The molecule has 2 aliphatic heterocycles. The Bertz CT molecular complexity index is 1330. The lowest BCUT2D eigenvalue weighted by atomic mass is 10.0. The van der Waals surface area contributed by atoms with Gasteiger partial charge in [0.2, 0.25) is 5.91 Å². The van der Waals surface area contributed by atoms with Crippen LogP contribution < -0.4 is 9.80 Å². The zero-order valence-electron chi connectivity index (χ0n) is 20.2. The van der Waals surface area contributed by atoms with E-state index in [9.17, 15) is 14.4 Å². The third-order valence-corrected chi connectivity index (χ3v) is 6.62.